The normalized spacial score (nSPS) is 25.7. The Morgan fingerprint density at radius 2 is 1.91 bits per heavy atom. The Morgan fingerprint density at radius 3 is 2.61 bits per heavy atom. The lowest BCUT2D eigenvalue weighted by atomic mass is 10.1. The topological polar surface area (TPSA) is 284 Å². The molecule has 21 nitrogen and oxygen atoms in total. The Bertz CT molecular complexity index is 2120. The summed E-state index contributed by atoms with van der Waals surface area (Å²) in [6, 6.07) is 8.84. The molecule has 3 aromatic heterocycles. The molecule has 5 unspecified atom stereocenters. The van der Waals surface area contributed by atoms with Crippen molar-refractivity contribution in [1.82, 2.24) is 34.4 Å². The molecule has 1 amide bonds. The lowest BCUT2D eigenvalue weighted by Crippen LogP contribution is -2.42. The molecule has 6 rings (SSSR count). The zero-order valence-corrected chi connectivity index (χ0v) is 30.4. The highest BCUT2D eigenvalue weighted by molar-refractivity contribution is 8.55. The molecule has 0 bridgehead atoms. The van der Waals surface area contributed by atoms with Crippen LogP contribution in [0.4, 0.5) is 5.82 Å². The van der Waals surface area contributed by atoms with Crippen molar-refractivity contribution >= 4 is 47.0 Å². The van der Waals surface area contributed by atoms with Gasteiger partial charge in [-0.2, -0.15) is 0 Å². The predicted octanol–water partition coefficient (Wildman–Crippen LogP) is -0.0395. The molecule has 54 heavy (non-hydrogen) atoms. The van der Waals surface area contributed by atoms with Crippen molar-refractivity contribution in [3.63, 3.8) is 0 Å². The Labute approximate surface area is 309 Å². The van der Waals surface area contributed by atoms with Gasteiger partial charge in [-0.3, -0.25) is 32.8 Å². The number of ether oxygens (including phenoxy) is 4. The van der Waals surface area contributed by atoms with E-state index in [-0.39, 0.29) is 24.2 Å². The summed E-state index contributed by atoms with van der Waals surface area (Å²) in [5.41, 5.74) is 5.70. The zero-order valence-electron chi connectivity index (χ0n) is 28.7. The number of imidazole rings is 1. The maximum Gasteiger partial charge on any atom is 0.395 e. The Kier molecular flexibility index (Phi) is 12.3. The van der Waals surface area contributed by atoms with E-state index in [9.17, 15) is 34.0 Å². The quantitative estimate of drug-likeness (QED) is 0.0600. The number of fused-ring (bicyclic) bond motifs is 1. The van der Waals surface area contributed by atoms with Crippen LogP contribution in [0.2, 0.25) is 0 Å². The molecule has 0 spiro atoms. The van der Waals surface area contributed by atoms with Crippen molar-refractivity contribution in [3.8, 4) is 0 Å². The molecule has 4 aromatic rings. The fraction of sp³-hybridized carbons (Fsp3) is 0.452. The van der Waals surface area contributed by atoms with Gasteiger partial charge in [0.05, 0.1) is 12.9 Å². The molecule has 9 atom stereocenters. The minimum Gasteiger partial charge on any atom is -0.452 e. The first kappa shape index (κ1) is 39.2. The first-order valence-corrected chi connectivity index (χ1v) is 19.5. The number of aromatic nitrogens is 6. The standard InChI is InChI=1S/C31H37N8O13PS/c1-16(41)36-18(10-17-6-4-3-5-7-17)29(44)48-15-54-53(46,51-24-20(12-40)49-28(25(24)47-2)38-9-8-21(43)37-31(38)45)52-30-19(42)11-22(50-30)39-14-35-23-26(32)33-13-34-27(23)39/h3-9,13-14,18-20,22,24-25,28,30,40,42H,10-12,15H2,1-2H3,(H,36,41)(H2,32,33,34)(H,37,43,45)/t18?,19?,20-,22-,24?,25?,28-,30-,53?/m1/s1. The van der Waals surface area contributed by atoms with E-state index in [1.807, 2.05) is 0 Å². The predicted molar refractivity (Wildman–Crippen MR) is 187 cm³/mol. The second-order valence-electron chi connectivity index (χ2n) is 12.1. The van der Waals surface area contributed by atoms with Gasteiger partial charge in [-0.05, 0) is 5.56 Å². The molecule has 0 saturated carbocycles. The first-order chi connectivity index (χ1) is 25.9. The summed E-state index contributed by atoms with van der Waals surface area (Å²) < 4.78 is 52.0. The van der Waals surface area contributed by atoms with Gasteiger partial charge in [-0.25, -0.2) is 29.1 Å². The van der Waals surface area contributed by atoms with Gasteiger partial charge in [-0.1, -0.05) is 30.3 Å². The summed E-state index contributed by atoms with van der Waals surface area (Å²) in [6.07, 6.45) is -5.33. The molecule has 23 heteroatoms. The highest BCUT2D eigenvalue weighted by Gasteiger charge is 2.52. The number of rotatable bonds is 15. The maximum atomic E-state index is 14.7. The van der Waals surface area contributed by atoms with E-state index < -0.39 is 91.7 Å². The lowest BCUT2D eigenvalue weighted by Gasteiger charge is -2.29. The highest BCUT2D eigenvalue weighted by Crippen LogP contribution is 2.64. The van der Waals surface area contributed by atoms with Crippen molar-refractivity contribution < 1.29 is 52.4 Å². The van der Waals surface area contributed by atoms with E-state index in [0.717, 1.165) is 22.4 Å². The Morgan fingerprint density at radius 1 is 1.13 bits per heavy atom. The van der Waals surface area contributed by atoms with Crippen molar-refractivity contribution in [2.45, 2.75) is 69.0 Å². The van der Waals surface area contributed by atoms with Crippen LogP contribution in [-0.4, -0.2) is 108 Å². The van der Waals surface area contributed by atoms with Crippen LogP contribution in [0.3, 0.4) is 0 Å². The Balaban J connectivity index is 1.24. The summed E-state index contributed by atoms with van der Waals surface area (Å²) in [5.74, 6) is -1.88. The number of carbonyl (C=O) groups excluding carboxylic acids is 2. The third-order valence-electron chi connectivity index (χ3n) is 8.45. The van der Waals surface area contributed by atoms with Crippen molar-refractivity contribution in [3.05, 3.63) is 81.7 Å². The number of nitrogens with one attached hydrogen (secondary N) is 2. The summed E-state index contributed by atoms with van der Waals surface area (Å²) in [4.78, 5) is 63.9. The van der Waals surface area contributed by atoms with Gasteiger partial charge in [0, 0.05) is 50.5 Å². The van der Waals surface area contributed by atoms with Gasteiger partial charge < -0.3 is 40.2 Å². The third-order valence-corrected chi connectivity index (χ3v) is 11.7. The molecular weight excluding hydrogens is 755 g/mol. The van der Waals surface area contributed by atoms with E-state index in [4.69, 9.17) is 33.7 Å². The molecular formula is C31H37N8O13PS. The number of hydrogen-bond donors (Lipinski definition) is 5. The second kappa shape index (κ2) is 16.9. The van der Waals surface area contributed by atoms with Crippen LogP contribution < -0.4 is 22.3 Å². The molecule has 0 aliphatic carbocycles. The van der Waals surface area contributed by atoms with Crippen LogP contribution in [0.5, 0.6) is 0 Å². The van der Waals surface area contributed by atoms with Crippen LogP contribution in [0.25, 0.3) is 11.2 Å². The monoisotopic (exact) mass is 792 g/mol. The van der Waals surface area contributed by atoms with Gasteiger partial charge in [0.1, 0.15) is 54.5 Å². The van der Waals surface area contributed by atoms with Crippen molar-refractivity contribution in [2.24, 2.45) is 0 Å². The largest absolute Gasteiger partial charge is 0.452 e. The van der Waals surface area contributed by atoms with Crippen LogP contribution in [0.1, 0.15) is 31.4 Å². The molecule has 5 heterocycles. The average molecular weight is 793 g/mol. The fourth-order valence-corrected chi connectivity index (χ4v) is 8.89. The van der Waals surface area contributed by atoms with Gasteiger partial charge >= 0.3 is 18.5 Å². The smallest absolute Gasteiger partial charge is 0.395 e. The van der Waals surface area contributed by atoms with Crippen LogP contribution >= 0.6 is 18.2 Å². The second-order valence-corrected chi connectivity index (χ2v) is 16.0. The number of aliphatic hydroxyl groups is 2. The molecule has 290 valence electrons. The molecule has 2 fully saturated rings. The Hall–Kier alpha value is -4.51. The number of nitrogen functional groups attached to an aromatic ring is 1. The minimum atomic E-state index is -4.65. The minimum absolute atomic E-state index is 0.0821. The van der Waals surface area contributed by atoms with Crippen molar-refractivity contribution in [1.29, 1.82) is 0 Å². The fourth-order valence-electron chi connectivity index (χ4n) is 5.96. The van der Waals surface area contributed by atoms with E-state index in [0.29, 0.717) is 17.0 Å². The number of nitrogens with two attached hydrogens (primary N) is 1. The molecule has 2 aliphatic rings. The van der Waals surface area contributed by atoms with Crippen LogP contribution in [-0.2, 0) is 48.6 Å². The number of amides is 1. The zero-order chi connectivity index (χ0) is 38.6. The number of methoxy groups -OCH3 is 1. The number of anilines is 1. The van der Waals surface area contributed by atoms with E-state index in [1.54, 1.807) is 30.3 Å². The average Bonchev–Trinajstić information content (AvgIpc) is 3.83. The number of esters is 1. The van der Waals surface area contributed by atoms with E-state index in [1.165, 1.54) is 31.3 Å². The molecule has 2 aliphatic heterocycles. The number of carbonyl (C=O) groups is 2. The van der Waals surface area contributed by atoms with Gasteiger partial charge in [0.15, 0.2) is 24.0 Å². The summed E-state index contributed by atoms with van der Waals surface area (Å²) in [5, 5.41) is 23.9. The SMILES string of the molecule is COC1C(OP(=O)(O[C@H]2O[C@@H](n3cnc4c(N)ncnc43)CC2O)SCOC(=O)C(Cc2ccccc2)NC(C)=O)[C@@H](CO)O[C@H]1n1ccc(=O)[nH]c1=O. The molecule has 1 aromatic carbocycles. The van der Waals surface area contributed by atoms with Gasteiger partial charge in [0.2, 0.25) is 5.91 Å². The first-order valence-electron chi connectivity index (χ1n) is 16.4. The molecule has 0 radical (unpaired) electrons. The number of H-pyrrole nitrogens is 1. The summed E-state index contributed by atoms with van der Waals surface area (Å²) in [7, 11) is 1.25. The molecule has 2 saturated heterocycles. The number of aliphatic hydroxyl groups excluding tert-OH is 2. The van der Waals surface area contributed by atoms with Gasteiger partial charge in [0.25, 0.3) is 5.56 Å². The lowest BCUT2D eigenvalue weighted by molar-refractivity contribution is -0.145. The van der Waals surface area contributed by atoms with E-state index >= 15 is 0 Å². The third kappa shape index (κ3) is 8.72. The summed E-state index contributed by atoms with van der Waals surface area (Å²) in [6.45, 7) is -4.12. The van der Waals surface area contributed by atoms with Crippen molar-refractivity contribution in [2.75, 3.05) is 25.4 Å². The molecule has 6 N–H and O–H groups in total. The summed E-state index contributed by atoms with van der Waals surface area (Å²) >= 11 is 0.400. The number of aromatic amines is 1. The van der Waals surface area contributed by atoms with Crippen LogP contribution in [0, 0.1) is 0 Å². The number of nitrogens with zero attached hydrogens (tertiary/aromatic N) is 5. The number of benzene rings is 1. The van der Waals surface area contributed by atoms with Crippen LogP contribution in [0.15, 0.2) is 64.8 Å². The maximum absolute atomic E-state index is 14.7. The number of hydrogen-bond acceptors (Lipinski definition) is 18. The van der Waals surface area contributed by atoms with Gasteiger partial charge in [-0.15, -0.1) is 0 Å². The highest BCUT2D eigenvalue weighted by atomic mass is 32.7. The van der Waals surface area contributed by atoms with E-state index in [2.05, 4.69) is 25.3 Å².